The molecule has 0 aromatic heterocycles. The molecule has 1 amide bonds. The number of sulfonamides is 1. The molecule has 1 saturated heterocycles. The van der Waals surface area contributed by atoms with E-state index in [1.807, 2.05) is 30.3 Å². The van der Waals surface area contributed by atoms with E-state index in [0.717, 1.165) is 31.2 Å². The molecule has 1 fully saturated rings. The van der Waals surface area contributed by atoms with Crippen LogP contribution < -0.4 is 9.46 Å². The second kappa shape index (κ2) is 10.3. The number of benzene rings is 2. The summed E-state index contributed by atoms with van der Waals surface area (Å²) in [6.45, 7) is 1.31. The summed E-state index contributed by atoms with van der Waals surface area (Å²) in [5, 5.41) is 0.193. The number of ether oxygens (including phenoxy) is 1. The van der Waals surface area contributed by atoms with Gasteiger partial charge in [-0.15, -0.1) is 0 Å². The van der Waals surface area contributed by atoms with E-state index in [2.05, 4.69) is 4.72 Å². The predicted octanol–water partition coefficient (Wildman–Crippen LogP) is 3.64. The normalized spacial score (nSPS) is 16.0. The largest absolute Gasteiger partial charge is 0.495 e. The maximum absolute atomic E-state index is 13.3. The lowest BCUT2D eigenvalue weighted by atomic mass is 10.1. The lowest BCUT2D eigenvalue weighted by molar-refractivity contribution is -0.132. The van der Waals surface area contributed by atoms with E-state index >= 15 is 0 Å². The van der Waals surface area contributed by atoms with Crippen molar-refractivity contribution in [1.82, 2.24) is 9.62 Å². The van der Waals surface area contributed by atoms with Gasteiger partial charge in [-0.3, -0.25) is 4.79 Å². The van der Waals surface area contributed by atoms with Crippen LogP contribution in [0.4, 0.5) is 0 Å². The van der Waals surface area contributed by atoms with Gasteiger partial charge >= 0.3 is 0 Å². The van der Waals surface area contributed by atoms with Crippen LogP contribution in [0, 0.1) is 0 Å². The fraction of sp³-hybridized carbons (Fsp3) is 0.409. The molecule has 6 nitrogen and oxygen atoms in total. The Hall–Kier alpha value is -2.09. The Morgan fingerprint density at radius 2 is 1.77 bits per heavy atom. The number of hydrogen-bond acceptors (Lipinski definition) is 4. The number of halogens is 1. The maximum atomic E-state index is 13.3. The molecule has 0 saturated carbocycles. The summed E-state index contributed by atoms with van der Waals surface area (Å²) in [6.07, 6.45) is 4.32. The minimum absolute atomic E-state index is 0.00460. The molecular weight excluding hydrogens is 424 g/mol. The molecule has 1 N–H and O–H groups in total. The quantitative estimate of drug-likeness (QED) is 0.698. The van der Waals surface area contributed by atoms with Crippen LogP contribution in [0.3, 0.4) is 0 Å². The highest BCUT2D eigenvalue weighted by Gasteiger charge is 2.30. The number of carbonyl (C=O) groups is 1. The molecule has 0 spiro atoms. The maximum Gasteiger partial charge on any atom is 0.241 e. The molecule has 3 rings (SSSR count). The number of likely N-dealkylation sites (tertiary alicyclic amines) is 1. The highest BCUT2D eigenvalue weighted by atomic mass is 35.5. The summed E-state index contributed by atoms with van der Waals surface area (Å²) >= 11 is 6.11. The van der Waals surface area contributed by atoms with Gasteiger partial charge in [-0.05, 0) is 43.0 Å². The summed E-state index contributed by atoms with van der Waals surface area (Å²) in [7, 11) is -2.50. The number of nitrogens with zero attached hydrogens (tertiary/aromatic N) is 1. The molecule has 1 aliphatic heterocycles. The average Bonchev–Trinajstić information content (AvgIpc) is 3.03. The van der Waals surface area contributed by atoms with Crippen molar-refractivity contribution < 1.29 is 17.9 Å². The van der Waals surface area contributed by atoms with Crippen LogP contribution in [0.25, 0.3) is 0 Å². The number of hydrogen-bond donors (Lipinski definition) is 1. The average molecular weight is 451 g/mol. The SMILES string of the molecule is COc1ccc(S(=O)(=O)N[C@H](Cc2ccccc2)C(=O)N2CCCCCC2)cc1Cl. The summed E-state index contributed by atoms with van der Waals surface area (Å²) in [4.78, 5) is 15.1. The van der Waals surface area contributed by atoms with Crippen molar-refractivity contribution in [3.8, 4) is 5.75 Å². The van der Waals surface area contributed by atoms with Crippen LogP contribution in [0.15, 0.2) is 53.4 Å². The van der Waals surface area contributed by atoms with Crippen molar-refractivity contribution >= 4 is 27.5 Å². The molecule has 162 valence electrons. The van der Waals surface area contributed by atoms with E-state index in [-0.39, 0.29) is 22.2 Å². The number of amides is 1. The Kier molecular flexibility index (Phi) is 7.75. The first-order valence-electron chi connectivity index (χ1n) is 10.1. The smallest absolute Gasteiger partial charge is 0.241 e. The Bertz CT molecular complexity index is 958. The fourth-order valence-electron chi connectivity index (χ4n) is 3.61. The number of nitrogens with one attached hydrogen (secondary N) is 1. The number of methoxy groups -OCH3 is 1. The molecule has 0 unspecified atom stereocenters. The van der Waals surface area contributed by atoms with Crippen molar-refractivity contribution in [3.05, 3.63) is 59.1 Å². The van der Waals surface area contributed by atoms with E-state index in [9.17, 15) is 13.2 Å². The van der Waals surface area contributed by atoms with Crippen molar-refractivity contribution in [3.63, 3.8) is 0 Å². The van der Waals surface area contributed by atoms with Crippen LogP contribution in [-0.4, -0.2) is 45.5 Å². The fourth-order valence-corrected chi connectivity index (χ4v) is 5.15. The van der Waals surface area contributed by atoms with Crippen LogP contribution in [0.5, 0.6) is 5.75 Å². The Morgan fingerprint density at radius 3 is 2.37 bits per heavy atom. The number of rotatable bonds is 7. The molecule has 1 aliphatic rings. The summed E-state index contributed by atoms with van der Waals surface area (Å²) in [5.41, 5.74) is 0.890. The van der Waals surface area contributed by atoms with E-state index < -0.39 is 16.1 Å². The first-order chi connectivity index (χ1) is 14.4. The highest BCUT2D eigenvalue weighted by Crippen LogP contribution is 2.27. The molecule has 2 aromatic carbocycles. The lowest BCUT2D eigenvalue weighted by Crippen LogP contribution is -2.49. The Labute approximate surface area is 183 Å². The standard InChI is InChI=1S/C22H27ClN2O4S/c1-29-21-12-11-18(16-19(21)23)30(27,28)24-20(15-17-9-5-4-6-10-17)22(26)25-13-7-2-3-8-14-25/h4-6,9-12,16,20,24H,2-3,7-8,13-15H2,1H3/t20-/m1/s1. The van der Waals surface area contributed by atoms with Crippen molar-refractivity contribution in [2.45, 2.75) is 43.0 Å². The van der Waals surface area contributed by atoms with Crippen LogP contribution in [-0.2, 0) is 21.2 Å². The van der Waals surface area contributed by atoms with Gasteiger partial charge in [0.1, 0.15) is 11.8 Å². The molecule has 0 bridgehead atoms. The van der Waals surface area contributed by atoms with Crippen molar-refractivity contribution in [2.24, 2.45) is 0 Å². The van der Waals surface area contributed by atoms with Gasteiger partial charge in [0, 0.05) is 13.1 Å². The van der Waals surface area contributed by atoms with Gasteiger partial charge in [0.2, 0.25) is 15.9 Å². The molecule has 1 heterocycles. The Balaban J connectivity index is 1.86. The van der Waals surface area contributed by atoms with Gasteiger partial charge in [0.25, 0.3) is 0 Å². The molecule has 0 radical (unpaired) electrons. The minimum Gasteiger partial charge on any atom is -0.495 e. The van der Waals surface area contributed by atoms with Gasteiger partial charge in [-0.1, -0.05) is 54.8 Å². The van der Waals surface area contributed by atoms with Gasteiger partial charge in [-0.2, -0.15) is 4.72 Å². The number of carbonyl (C=O) groups excluding carboxylic acids is 1. The van der Waals surface area contributed by atoms with Crippen LogP contribution in [0.1, 0.15) is 31.2 Å². The van der Waals surface area contributed by atoms with Crippen molar-refractivity contribution in [2.75, 3.05) is 20.2 Å². The zero-order chi connectivity index (χ0) is 21.6. The first-order valence-corrected chi connectivity index (χ1v) is 12.0. The molecule has 1 atom stereocenters. The highest BCUT2D eigenvalue weighted by molar-refractivity contribution is 7.89. The molecule has 30 heavy (non-hydrogen) atoms. The van der Waals surface area contributed by atoms with Gasteiger partial charge < -0.3 is 9.64 Å². The van der Waals surface area contributed by atoms with Crippen molar-refractivity contribution in [1.29, 1.82) is 0 Å². The van der Waals surface area contributed by atoms with E-state index in [1.54, 1.807) is 4.90 Å². The van der Waals surface area contributed by atoms with E-state index in [1.165, 1.54) is 25.3 Å². The third-order valence-electron chi connectivity index (χ3n) is 5.23. The first kappa shape index (κ1) is 22.6. The van der Waals surface area contributed by atoms with E-state index in [4.69, 9.17) is 16.3 Å². The zero-order valence-corrected chi connectivity index (χ0v) is 18.6. The van der Waals surface area contributed by atoms with Crippen LogP contribution >= 0.6 is 11.6 Å². The van der Waals surface area contributed by atoms with E-state index in [0.29, 0.717) is 18.8 Å². The summed E-state index contributed by atoms with van der Waals surface area (Å²) in [6, 6.07) is 12.8. The summed E-state index contributed by atoms with van der Waals surface area (Å²) < 4.78 is 33.8. The van der Waals surface area contributed by atoms with Crippen LogP contribution in [0.2, 0.25) is 5.02 Å². The van der Waals surface area contributed by atoms with Gasteiger partial charge in [0.05, 0.1) is 17.0 Å². The predicted molar refractivity (Wildman–Crippen MR) is 117 cm³/mol. The van der Waals surface area contributed by atoms with Gasteiger partial charge in [-0.25, -0.2) is 8.42 Å². The summed E-state index contributed by atoms with van der Waals surface area (Å²) in [5.74, 6) is 0.195. The third kappa shape index (κ3) is 5.74. The zero-order valence-electron chi connectivity index (χ0n) is 17.0. The monoisotopic (exact) mass is 450 g/mol. The molecule has 8 heteroatoms. The second-order valence-electron chi connectivity index (χ2n) is 7.40. The minimum atomic E-state index is -3.96. The lowest BCUT2D eigenvalue weighted by Gasteiger charge is -2.27. The molecule has 2 aromatic rings. The second-order valence-corrected chi connectivity index (χ2v) is 9.52. The third-order valence-corrected chi connectivity index (χ3v) is 6.99. The van der Waals surface area contributed by atoms with Gasteiger partial charge in [0.15, 0.2) is 0 Å². The topological polar surface area (TPSA) is 75.7 Å². The molecular formula is C22H27ClN2O4S. The molecule has 0 aliphatic carbocycles. The Morgan fingerprint density at radius 1 is 1.10 bits per heavy atom.